The van der Waals surface area contributed by atoms with Crippen molar-refractivity contribution in [3.63, 3.8) is 0 Å². The number of methoxy groups -OCH3 is 1. The summed E-state index contributed by atoms with van der Waals surface area (Å²) in [5.74, 6) is -1.31. The number of anilines is 1. The number of nitrogens with zero attached hydrogens (tertiary/aromatic N) is 5. The fraction of sp³-hybridized carbons (Fsp3) is 0.680. The highest BCUT2D eigenvalue weighted by Crippen LogP contribution is 2.33. The molecule has 2 saturated heterocycles. The highest BCUT2D eigenvalue weighted by atomic mass is 16.8. The Balaban J connectivity index is 1.53. The van der Waals surface area contributed by atoms with Gasteiger partial charge in [0.15, 0.2) is 12.0 Å². The summed E-state index contributed by atoms with van der Waals surface area (Å²) in [5.41, 5.74) is 0. The van der Waals surface area contributed by atoms with Gasteiger partial charge >= 0.3 is 6.09 Å². The average Bonchev–Trinajstić information content (AvgIpc) is 3.63. The van der Waals surface area contributed by atoms with Crippen molar-refractivity contribution in [2.75, 3.05) is 32.1 Å². The maximum atomic E-state index is 14.0. The Kier molecular flexibility index (Phi) is 9.87. The van der Waals surface area contributed by atoms with Crippen molar-refractivity contribution in [2.24, 2.45) is 11.8 Å². The zero-order chi connectivity index (χ0) is 27.8. The smallest absolute Gasteiger partial charge is 0.426 e. The highest BCUT2D eigenvalue weighted by Gasteiger charge is 2.45. The van der Waals surface area contributed by atoms with Gasteiger partial charge in [0.2, 0.25) is 18.3 Å². The van der Waals surface area contributed by atoms with E-state index in [4.69, 9.17) is 14.3 Å². The van der Waals surface area contributed by atoms with Crippen LogP contribution in [0.1, 0.15) is 57.8 Å². The third-order valence-electron chi connectivity index (χ3n) is 7.37. The second kappa shape index (κ2) is 13.5. The second-order valence-electron chi connectivity index (χ2n) is 10.0. The molecule has 3 heterocycles. The minimum atomic E-state index is -1.35. The molecule has 0 bridgehead atoms. The number of hydrogen-bond donors (Lipinski definition) is 2. The lowest BCUT2D eigenvalue weighted by molar-refractivity contribution is -0.276. The molecule has 3 atom stereocenters. The van der Waals surface area contributed by atoms with Gasteiger partial charge < -0.3 is 14.6 Å². The van der Waals surface area contributed by atoms with E-state index in [-0.39, 0.29) is 31.4 Å². The Morgan fingerprint density at radius 3 is 2.51 bits per heavy atom. The number of carbonyl (C=O) groups excluding carboxylic acids is 3. The molecule has 3 fully saturated rings. The summed E-state index contributed by atoms with van der Waals surface area (Å²) in [7, 11) is 1.46. The molecule has 1 unspecified atom stereocenters. The molecule has 39 heavy (non-hydrogen) atoms. The number of nitrogens with one attached hydrogen (secondary N) is 1. The maximum Gasteiger partial charge on any atom is 0.426 e. The van der Waals surface area contributed by atoms with Gasteiger partial charge in [0.1, 0.15) is 6.04 Å². The van der Waals surface area contributed by atoms with Crippen LogP contribution in [0, 0.1) is 11.8 Å². The number of ether oxygens (including phenoxy) is 2. The zero-order valence-electron chi connectivity index (χ0n) is 22.1. The molecule has 0 radical (unpaired) electrons. The van der Waals surface area contributed by atoms with E-state index < -0.39 is 36.2 Å². The van der Waals surface area contributed by atoms with E-state index in [0.717, 1.165) is 53.6 Å². The van der Waals surface area contributed by atoms with E-state index in [1.807, 2.05) is 0 Å². The molecule has 214 valence electrons. The number of hydrogen-bond acceptors (Lipinski definition) is 9. The summed E-state index contributed by atoms with van der Waals surface area (Å²) < 4.78 is 10.6. The predicted octanol–water partition coefficient (Wildman–Crippen LogP) is 2.03. The first kappa shape index (κ1) is 28.5. The minimum absolute atomic E-state index is 0.00232. The Morgan fingerprint density at radius 1 is 1.18 bits per heavy atom. The van der Waals surface area contributed by atoms with Gasteiger partial charge in [-0.05, 0) is 31.6 Å². The van der Waals surface area contributed by atoms with Crippen molar-refractivity contribution in [1.82, 2.24) is 25.0 Å². The van der Waals surface area contributed by atoms with Crippen LogP contribution in [-0.2, 0) is 24.0 Å². The quantitative estimate of drug-likeness (QED) is 0.309. The van der Waals surface area contributed by atoms with Crippen molar-refractivity contribution < 1.29 is 38.6 Å². The van der Waals surface area contributed by atoms with Crippen LogP contribution in [0.4, 0.5) is 10.7 Å². The highest BCUT2D eigenvalue weighted by molar-refractivity contribution is 5.97. The van der Waals surface area contributed by atoms with Crippen molar-refractivity contribution in [3.8, 4) is 5.75 Å². The minimum Gasteiger partial charge on any atom is -0.494 e. The van der Waals surface area contributed by atoms with Crippen molar-refractivity contribution in [2.45, 2.75) is 70.1 Å². The first-order valence-corrected chi connectivity index (χ1v) is 13.4. The molecule has 0 spiro atoms. The summed E-state index contributed by atoms with van der Waals surface area (Å²) >= 11 is 0. The summed E-state index contributed by atoms with van der Waals surface area (Å²) in [5, 5.41) is 15.3. The van der Waals surface area contributed by atoms with Crippen LogP contribution >= 0.6 is 0 Å². The Labute approximate surface area is 226 Å². The molecular formula is C25H36N6O8. The number of hydroxylamine groups is 2. The van der Waals surface area contributed by atoms with E-state index in [9.17, 15) is 24.3 Å². The van der Waals surface area contributed by atoms with Crippen LogP contribution in [0.3, 0.4) is 0 Å². The van der Waals surface area contributed by atoms with Crippen LogP contribution in [-0.4, -0.2) is 93.6 Å². The van der Waals surface area contributed by atoms with Gasteiger partial charge in [-0.25, -0.2) is 34.7 Å². The maximum absolute atomic E-state index is 14.0. The lowest BCUT2D eigenvalue weighted by atomic mass is 9.92. The van der Waals surface area contributed by atoms with Crippen molar-refractivity contribution in [3.05, 3.63) is 12.4 Å². The summed E-state index contributed by atoms with van der Waals surface area (Å²) in [6.07, 6.45) is 8.30. The van der Waals surface area contributed by atoms with Crippen LogP contribution in [0.2, 0.25) is 0 Å². The Bertz CT molecular complexity index is 999. The monoisotopic (exact) mass is 548 g/mol. The van der Waals surface area contributed by atoms with E-state index in [1.54, 1.807) is 0 Å². The fourth-order valence-corrected chi connectivity index (χ4v) is 5.39. The second-order valence-corrected chi connectivity index (χ2v) is 10.0. The number of amides is 4. The molecule has 4 amide bonds. The number of hydrazine groups is 1. The van der Waals surface area contributed by atoms with Crippen molar-refractivity contribution in [1.29, 1.82) is 0 Å². The summed E-state index contributed by atoms with van der Waals surface area (Å²) in [6, 6.07) is -1.10. The molecule has 14 nitrogen and oxygen atoms in total. The normalized spacial score (nSPS) is 22.4. The van der Waals surface area contributed by atoms with Gasteiger partial charge in [0.05, 0.1) is 32.0 Å². The van der Waals surface area contributed by atoms with E-state index in [2.05, 4.69) is 15.3 Å². The first-order chi connectivity index (χ1) is 18.9. The number of carbonyl (C=O) groups is 4. The van der Waals surface area contributed by atoms with Gasteiger partial charge in [0.25, 0.3) is 5.91 Å². The standard InChI is InChI=1S/C25H36N6O8/c1-37-19-13-26-24(27-14-19)28-22(33)20-9-10-30(25(35)36)31(20)23(34)18(12-17-6-2-3-7-17)15-29(16-32)39-21-8-4-5-11-38-21/h13-14,16-18,20-21H,2-12,15H2,1H3,(H,35,36)(H,26,27,28,33)/t18-,20+,21?/m1/s1. The lowest BCUT2D eigenvalue weighted by Crippen LogP contribution is -2.55. The van der Waals surface area contributed by atoms with E-state index >= 15 is 0 Å². The molecule has 2 aliphatic heterocycles. The molecular weight excluding hydrogens is 512 g/mol. The molecule has 1 saturated carbocycles. The number of rotatable bonds is 11. The third-order valence-corrected chi connectivity index (χ3v) is 7.37. The predicted molar refractivity (Wildman–Crippen MR) is 135 cm³/mol. The molecule has 1 aromatic rings. The number of carboxylic acid groups (broad SMARTS) is 1. The summed E-state index contributed by atoms with van der Waals surface area (Å²) in [4.78, 5) is 65.0. The van der Waals surface area contributed by atoms with E-state index in [1.165, 1.54) is 19.5 Å². The molecule has 0 aromatic carbocycles. The summed E-state index contributed by atoms with van der Waals surface area (Å²) in [6.45, 7) is 0.402. The van der Waals surface area contributed by atoms with Gasteiger partial charge in [0, 0.05) is 19.6 Å². The van der Waals surface area contributed by atoms with Gasteiger partial charge in [-0.3, -0.25) is 19.7 Å². The molecule has 3 aliphatic rings. The van der Waals surface area contributed by atoms with Crippen LogP contribution in [0.5, 0.6) is 5.75 Å². The topological polar surface area (TPSA) is 164 Å². The largest absolute Gasteiger partial charge is 0.494 e. The van der Waals surface area contributed by atoms with Crippen LogP contribution in [0.15, 0.2) is 12.4 Å². The lowest BCUT2D eigenvalue weighted by Gasteiger charge is -2.35. The Morgan fingerprint density at radius 2 is 1.90 bits per heavy atom. The van der Waals surface area contributed by atoms with Gasteiger partial charge in [-0.15, -0.1) is 0 Å². The number of aromatic nitrogens is 2. The third kappa shape index (κ3) is 7.32. The van der Waals surface area contributed by atoms with Gasteiger partial charge in [-0.2, -0.15) is 0 Å². The molecule has 14 heteroatoms. The SMILES string of the molecule is COc1cnc(NC(=O)[C@@H]2CCN(C(=O)O)N2C(=O)[C@H](CC2CCCC2)CN(C=O)OC2CCCCO2)nc1. The molecule has 1 aliphatic carbocycles. The van der Waals surface area contributed by atoms with Gasteiger partial charge in [-0.1, -0.05) is 25.7 Å². The fourth-order valence-electron chi connectivity index (χ4n) is 5.39. The van der Waals surface area contributed by atoms with Crippen LogP contribution < -0.4 is 10.1 Å². The molecule has 1 aromatic heterocycles. The van der Waals surface area contributed by atoms with E-state index in [0.29, 0.717) is 31.6 Å². The average molecular weight is 549 g/mol. The Hall–Kier alpha value is -3.52. The van der Waals surface area contributed by atoms with Crippen molar-refractivity contribution >= 4 is 30.3 Å². The zero-order valence-corrected chi connectivity index (χ0v) is 22.1. The molecule has 4 rings (SSSR count). The van der Waals surface area contributed by atoms with Crippen LogP contribution in [0.25, 0.3) is 0 Å². The molecule has 2 N–H and O–H groups in total. The first-order valence-electron chi connectivity index (χ1n) is 13.4.